The van der Waals surface area contributed by atoms with Crippen molar-refractivity contribution in [3.05, 3.63) is 9.89 Å². The van der Waals surface area contributed by atoms with Crippen molar-refractivity contribution in [2.45, 2.75) is 28.4 Å². The fourth-order valence-electron chi connectivity index (χ4n) is 1.47. The van der Waals surface area contributed by atoms with Crippen LogP contribution in [0.3, 0.4) is 0 Å². The minimum absolute atomic E-state index is 0.0518. The van der Waals surface area contributed by atoms with Gasteiger partial charge in [0.25, 0.3) is 0 Å². The maximum atomic E-state index is 12.4. The molecule has 108 valence electrons. The second kappa shape index (κ2) is 6.95. The number of rotatable bonds is 4. The number of alkyl halides is 2. The Hall–Kier alpha value is 0.470. The van der Waals surface area contributed by atoms with Crippen molar-refractivity contribution in [3.63, 3.8) is 0 Å². The molecule has 3 atom stereocenters. The van der Waals surface area contributed by atoms with E-state index >= 15 is 0 Å². The van der Waals surface area contributed by atoms with E-state index in [1.807, 2.05) is 19.3 Å². The lowest BCUT2D eigenvalue weighted by atomic mass is 10.0. The normalized spacial score (nSPS) is 27.9. The molecule has 8 heteroatoms. The van der Waals surface area contributed by atoms with Gasteiger partial charge in [0.15, 0.2) is 3.66 Å². The molecule has 1 heterocycles. The summed E-state index contributed by atoms with van der Waals surface area (Å²) in [6.45, 7) is 3.70. The number of allylic oxidation sites excluding steroid dienone is 1. The van der Waals surface area contributed by atoms with E-state index in [9.17, 15) is 9.59 Å². The van der Waals surface area contributed by atoms with Crippen LogP contribution >= 0.6 is 59.6 Å². The third-order valence-electron chi connectivity index (χ3n) is 2.63. The molecule has 3 unspecified atom stereocenters. The first-order chi connectivity index (χ1) is 8.74. The predicted octanol–water partition coefficient (Wildman–Crippen LogP) is 3.14. The van der Waals surface area contributed by atoms with Crippen LogP contribution in [0, 0.1) is 5.92 Å². The SMILES string of the molecule is COC(=O)C(NC(=O)C1(Br)SC=C(Br)C1Br)C(C)C. The van der Waals surface area contributed by atoms with Crippen LogP contribution in [0.2, 0.25) is 0 Å². The molecular formula is C11H14Br3NO3S. The molecule has 0 saturated heterocycles. The van der Waals surface area contributed by atoms with E-state index < -0.39 is 15.7 Å². The van der Waals surface area contributed by atoms with E-state index in [1.54, 1.807) is 0 Å². The van der Waals surface area contributed by atoms with E-state index in [2.05, 4.69) is 53.1 Å². The third-order valence-corrected chi connectivity index (χ3v) is 8.85. The second-order valence-electron chi connectivity index (χ2n) is 4.35. The van der Waals surface area contributed by atoms with Crippen molar-refractivity contribution >= 4 is 71.4 Å². The Morgan fingerprint density at radius 2 is 2.11 bits per heavy atom. The summed E-state index contributed by atoms with van der Waals surface area (Å²) >= 11 is 11.6. The number of amides is 1. The Morgan fingerprint density at radius 3 is 2.47 bits per heavy atom. The van der Waals surface area contributed by atoms with Crippen LogP contribution in [0.1, 0.15) is 13.8 Å². The molecule has 1 aliphatic rings. The number of halogens is 3. The number of carbonyl (C=O) groups is 2. The zero-order valence-electron chi connectivity index (χ0n) is 10.6. The lowest BCUT2D eigenvalue weighted by Crippen LogP contribution is -2.52. The molecule has 4 nitrogen and oxygen atoms in total. The van der Waals surface area contributed by atoms with Gasteiger partial charge in [0.2, 0.25) is 5.91 Å². The number of esters is 1. The molecule has 0 aliphatic carbocycles. The Bertz CT molecular complexity index is 416. The molecule has 1 amide bonds. The van der Waals surface area contributed by atoms with Crippen molar-refractivity contribution < 1.29 is 14.3 Å². The van der Waals surface area contributed by atoms with Gasteiger partial charge in [-0.1, -0.05) is 61.6 Å². The number of ether oxygens (including phenoxy) is 1. The summed E-state index contributed by atoms with van der Waals surface area (Å²) in [6, 6.07) is -0.661. The van der Waals surface area contributed by atoms with Crippen LogP contribution in [-0.4, -0.2) is 33.5 Å². The van der Waals surface area contributed by atoms with E-state index in [1.165, 1.54) is 18.9 Å². The number of methoxy groups -OCH3 is 1. The van der Waals surface area contributed by atoms with Gasteiger partial charge in [0.05, 0.1) is 11.9 Å². The molecule has 0 bridgehead atoms. The maximum Gasteiger partial charge on any atom is 0.328 e. The molecule has 0 radical (unpaired) electrons. The molecule has 0 saturated carbocycles. The van der Waals surface area contributed by atoms with Crippen molar-refractivity contribution in [2.75, 3.05) is 7.11 Å². The molecule has 1 N–H and O–H groups in total. The highest BCUT2D eigenvalue weighted by molar-refractivity contribution is 9.16. The molecule has 0 aromatic carbocycles. The highest BCUT2D eigenvalue weighted by Crippen LogP contribution is 2.51. The van der Waals surface area contributed by atoms with Gasteiger partial charge >= 0.3 is 5.97 Å². The highest BCUT2D eigenvalue weighted by Gasteiger charge is 2.48. The Labute approximate surface area is 141 Å². The summed E-state index contributed by atoms with van der Waals surface area (Å²) in [6.07, 6.45) is 0. The molecule has 0 aromatic rings. The van der Waals surface area contributed by atoms with Gasteiger partial charge in [-0.25, -0.2) is 4.79 Å². The zero-order chi connectivity index (χ0) is 14.8. The van der Waals surface area contributed by atoms with Crippen LogP contribution in [0.5, 0.6) is 0 Å². The summed E-state index contributed by atoms with van der Waals surface area (Å²) in [7, 11) is 1.31. The fraction of sp³-hybridized carbons (Fsp3) is 0.636. The van der Waals surface area contributed by atoms with Gasteiger partial charge in [0, 0.05) is 4.48 Å². The van der Waals surface area contributed by atoms with Crippen molar-refractivity contribution in [3.8, 4) is 0 Å². The average Bonchev–Trinajstić information content (AvgIpc) is 2.63. The summed E-state index contributed by atoms with van der Waals surface area (Å²) in [5.41, 5.74) is 0. The molecular weight excluding hydrogens is 466 g/mol. The van der Waals surface area contributed by atoms with Gasteiger partial charge in [-0.15, -0.1) is 11.8 Å². The number of thioether (sulfide) groups is 1. The highest BCUT2D eigenvalue weighted by atomic mass is 79.9. The van der Waals surface area contributed by atoms with Crippen molar-refractivity contribution in [2.24, 2.45) is 5.92 Å². The minimum atomic E-state index is -0.868. The van der Waals surface area contributed by atoms with Gasteiger partial charge in [-0.2, -0.15) is 0 Å². The van der Waals surface area contributed by atoms with Gasteiger partial charge in [-0.3, -0.25) is 4.79 Å². The lowest BCUT2D eigenvalue weighted by molar-refractivity contribution is -0.146. The van der Waals surface area contributed by atoms with E-state index in [0.717, 1.165) is 4.48 Å². The first kappa shape index (κ1) is 17.5. The van der Waals surface area contributed by atoms with E-state index in [-0.39, 0.29) is 16.7 Å². The number of hydrogen-bond acceptors (Lipinski definition) is 4. The smallest absolute Gasteiger partial charge is 0.328 e. The predicted molar refractivity (Wildman–Crippen MR) is 87.8 cm³/mol. The Kier molecular flexibility index (Phi) is 6.41. The van der Waals surface area contributed by atoms with Crippen LogP contribution in [0.25, 0.3) is 0 Å². The Morgan fingerprint density at radius 1 is 1.53 bits per heavy atom. The summed E-state index contributed by atoms with van der Waals surface area (Å²) < 4.78 is 4.72. The maximum absolute atomic E-state index is 12.4. The van der Waals surface area contributed by atoms with Crippen molar-refractivity contribution in [1.82, 2.24) is 5.32 Å². The second-order valence-corrected chi connectivity index (χ2v) is 9.07. The average molecular weight is 480 g/mol. The quantitative estimate of drug-likeness (QED) is 0.497. The topological polar surface area (TPSA) is 55.4 Å². The van der Waals surface area contributed by atoms with Crippen LogP contribution in [0.4, 0.5) is 0 Å². The summed E-state index contributed by atoms with van der Waals surface area (Å²) in [5.74, 6) is -0.765. The number of nitrogens with one attached hydrogen (secondary N) is 1. The van der Waals surface area contributed by atoms with E-state index in [0.29, 0.717) is 0 Å². The van der Waals surface area contributed by atoms with Crippen LogP contribution in [-0.2, 0) is 14.3 Å². The number of hydrogen-bond donors (Lipinski definition) is 1. The minimum Gasteiger partial charge on any atom is -0.467 e. The molecule has 1 aliphatic heterocycles. The third kappa shape index (κ3) is 3.77. The zero-order valence-corrected chi connectivity index (χ0v) is 16.2. The Balaban J connectivity index is 2.81. The van der Waals surface area contributed by atoms with Gasteiger partial charge < -0.3 is 10.1 Å². The standard InChI is InChI=1S/C11H14Br3NO3S/c1-5(2)7(9(16)18-3)15-10(17)11(14)8(13)6(12)4-19-11/h4-5,7-8H,1-3H3,(H,15,17). The van der Waals surface area contributed by atoms with Gasteiger partial charge in [-0.05, 0) is 11.3 Å². The monoisotopic (exact) mass is 477 g/mol. The largest absolute Gasteiger partial charge is 0.467 e. The summed E-state index contributed by atoms with van der Waals surface area (Å²) in [5, 5.41) is 4.58. The fourth-order valence-corrected chi connectivity index (χ4v) is 4.87. The molecule has 0 aromatic heterocycles. The first-order valence-corrected chi connectivity index (χ1v) is 8.87. The van der Waals surface area contributed by atoms with Crippen molar-refractivity contribution in [1.29, 1.82) is 0 Å². The summed E-state index contributed by atoms with van der Waals surface area (Å²) in [4.78, 5) is 23.8. The molecule has 1 rings (SSSR count). The molecule has 19 heavy (non-hydrogen) atoms. The molecule has 0 spiro atoms. The van der Waals surface area contributed by atoms with E-state index in [4.69, 9.17) is 4.74 Å². The number of carbonyl (C=O) groups excluding carboxylic acids is 2. The first-order valence-electron chi connectivity index (χ1n) is 5.49. The van der Waals surface area contributed by atoms with Crippen LogP contribution in [0.15, 0.2) is 9.89 Å². The lowest BCUT2D eigenvalue weighted by Gasteiger charge is -2.28. The molecule has 0 fully saturated rings. The van der Waals surface area contributed by atoms with Crippen LogP contribution < -0.4 is 5.32 Å². The van der Waals surface area contributed by atoms with Gasteiger partial charge in [0.1, 0.15) is 6.04 Å².